The van der Waals surface area contributed by atoms with Crippen LogP contribution in [0, 0.1) is 0 Å². The van der Waals surface area contributed by atoms with Gasteiger partial charge in [-0.05, 0) is 27.1 Å². The first-order valence-corrected chi connectivity index (χ1v) is 17.2. The van der Waals surface area contributed by atoms with E-state index < -0.39 is 83.1 Å². The maximum Gasteiger partial charge on any atom is 0.254 e. The Morgan fingerprint density at radius 3 is 2.49 bits per heavy atom. The van der Waals surface area contributed by atoms with Crippen LogP contribution in [0.5, 0.6) is 17.2 Å². The van der Waals surface area contributed by atoms with E-state index in [4.69, 9.17) is 28.4 Å². The summed E-state index contributed by atoms with van der Waals surface area (Å²) in [7, 11) is 8.22. The zero-order valence-corrected chi connectivity index (χ0v) is 29.6. The molecular formula is C36H45N3O12. The first-order valence-electron chi connectivity index (χ1n) is 17.2. The van der Waals surface area contributed by atoms with Crippen LogP contribution < -0.4 is 4.74 Å². The second-order valence-electron chi connectivity index (χ2n) is 14.2. The summed E-state index contributed by atoms with van der Waals surface area (Å²) in [6, 6.07) is 4.37. The second kappa shape index (κ2) is 13.4. The number of amides is 1. The molecule has 0 radical (unpaired) electrons. The van der Waals surface area contributed by atoms with Crippen LogP contribution in [0.15, 0.2) is 18.2 Å². The predicted octanol–water partition coefficient (Wildman–Crippen LogP) is 1.17. The van der Waals surface area contributed by atoms with Gasteiger partial charge >= 0.3 is 0 Å². The van der Waals surface area contributed by atoms with Crippen molar-refractivity contribution in [3.05, 3.63) is 51.6 Å². The third-order valence-electron chi connectivity index (χ3n) is 10.8. The number of rotatable bonds is 8. The monoisotopic (exact) mass is 711 g/mol. The Morgan fingerprint density at radius 2 is 1.78 bits per heavy atom. The topological polar surface area (TPSA) is 177 Å². The Morgan fingerprint density at radius 1 is 1.04 bits per heavy atom. The van der Waals surface area contributed by atoms with Crippen molar-refractivity contribution < 1.29 is 58.1 Å². The highest BCUT2D eigenvalue weighted by Crippen LogP contribution is 2.53. The quantitative estimate of drug-likeness (QED) is 0.284. The molecule has 51 heavy (non-hydrogen) atoms. The Bertz CT molecular complexity index is 1750. The number of likely N-dealkylation sites (N-methyl/N-ethyl adjacent to an activating group) is 2. The number of carbonyl (C=O) groups excluding carboxylic acids is 3. The molecule has 3 aliphatic heterocycles. The molecular weight excluding hydrogens is 666 g/mol. The molecule has 0 saturated carbocycles. The van der Waals surface area contributed by atoms with E-state index in [-0.39, 0.29) is 46.6 Å². The first kappa shape index (κ1) is 35.7. The number of methoxy groups -OCH3 is 2. The summed E-state index contributed by atoms with van der Waals surface area (Å²) in [5.74, 6) is -3.09. The van der Waals surface area contributed by atoms with E-state index in [1.165, 1.54) is 24.1 Å². The number of nitrogens with zero attached hydrogens (tertiary/aromatic N) is 3. The van der Waals surface area contributed by atoms with E-state index in [9.17, 15) is 29.7 Å². The Labute approximate surface area is 295 Å². The van der Waals surface area contributed by atoms with Gasteiger partial charge in [0.25, 0.3) is 5.91 Å². The third kappa shape index (κ3) is 5.80. The first-order chi connectivity index (χ1) is 24.3. The highest BCUT2D eigenvalue weighted by molar-refractivity contribution is 6.31. The normalized spacial score (nSPS) is 31.4. The van der Waals surface area contributed by atoms with Gasteiger partial charge in [-0.3, -0.25) is 19.3 Å². The van der Waals surface area contributed by atoms with Gasteiger partial charge in [0.05, 0.1) is 42.6 Å². The molecule has 7 rings (SSSR count). The highest BCUT2D eigenvalue weighted by atomic mass is 16.7. The number of hydrogen-bond donors (Lipinski definition) is 3. The Balaban J connectivity index is 1.29. The van der Waals surface area contributed by atoms with Crippen molar-refractivity contribution in [3.8, 4) is 17.2 Å². The van der Waals surface area contributed by atoms with E-state index in [0.29, 0.717) is 32.7 Å². The Hall–Kier alpha value is -3.67. The van der Waals surface area contributed by atoms with Gasteiger partial charge in [-0.15, -0.1) is 0 Å². The minimum Gasteiger partial charge on any atom is -0.507 e. The van der Waals surface area contributed by atoms with Gasteiger partial charge in [-0.25, -0.2) is 0 Å². The number of phenols is 2. The van der Waals surface area contributed by atoms with Crippen molar-refractivity contribution in [2.75, 3.05) is 61.6 Å². The molecule has 2 aromatic carbocycles. The maximum absolute atomic E-state index is 14.1. The van der Waals surface area contributed by atoms with Gasteiger partial charge in [-0.1, -0.05) is 12.1 Å². The molecule has 0 aromatic heterocycles. The van der Waals surface area contributed by atoms with E-state index in [1.54, 1.807) is 20.2 Å². The van der Waals surface area contributed by atoms with Crippen LogP contribution in [-0.4, -0.2) is 152 Å². The van der Waals surface area contributed by atoms with Crippen molar-refractivity contribution in [3.63, 3.8) is 0 Å². The molecule has 276 valence electrons. The fraction of sp³-hybridized carbons (Fsp3) is 0.583. The molecule has 2 aromatic rings. The molecule has 1 amide bonds. The van der Waals surface area contributed by atoms with Crippen molar-refractivity contribution >= 4 is 17.5 Å². The van der Waals surface area contributed by atoms with E-state index in [0.717, 1.165) is 0 Å². The number of phenolic OH excluding ortho intramolecular Hbond substituents is 2. The van der Waals surface area contributed by atoms with Crippen LogP contribution in [0.25, 0.3) is 0 Å². The van der Waals surface area contributed by atoms with Gasteiger partial charge in [0.2, 0.25) is 5.78 Å². The molecule has 0 spiro atoms. The maximum atomic E-state index is 14.1. The number of aliphatic hydroxyl groups is 1. The van der Waals surface area contributed by atoms with Gasteiger partial charge in [0.1, 0.15) is 29.0 Å². The summed E-state index contributed by atoms with van der Waals surface area (Å²) in [4.78, 5) is 47.4. The van der Waals surface area contributed by atoms with Crippen molar-refractivity contribution in [1.82, 2.24) is 14.7 Å². The third-order valence-corrected chi connectivity index (χ3v) is 10.8. The summed E-state index contributed by atoms with van der Waals surface area (Å²) >= 11 is 0. The summed E-state index contributed by atoms with van der Waals surface area (Å²) in [6.45, 7) is 3.71. The van der Waals surface area contributed by atoms with Crippen LogP contribution in [0.2, 0.25) is 0 Å². The number of ether oxygens (including phenoxy) is 6. The van der Waals surface area contributed by atoms with E-state index in [2.05, 4.69) is 4.90 Å². The SMILES string of the molecule is COc1cccc2c1C(=O)c1c(O)c3c(c(O)c1C2=O)C[C@@](O)(C(=O)N(C)CCN(C)C)C[C@@H]3O[C@H]1C[C@H]2[C@H](O[C@@H]3[C@@H](OC)OCCN32)[C@H](C)O1. The largest absolute Gasteiger partial charge is 0.507 e. The fourth-order valence-electron chi connectivity index (χ4n) is 8.30. The molecule has 3 saturated heterocycles. The number of carbonyl (C=O) groups is 3. The molecule has 8 atom stereocenters. The lowest BCUT2D eigenvalue weighted by Crippen LogP contribution is -2.55. The molecule has 0 bridgehead atoms. The van der Waals surface area contributed by atoms with Gasteiger partial charge in [0, 0.05) is 75.8 Å². The Kier molecular flexibility index (Phi) is 9.38. The molecule has 3 N–H and O–H groups in total. The predicted molar refractivity (Wildman–Crippen MR) is 178 cm³/mol. The van der Waals surface area contributed by atoms with Gasteiger partial charge < -0.3 is 53.5 Å². The number of morpholine rings is 1. The second-order valence-corrected chi connectivity index (χ2v) is 14.2. The molecule has 3 heterocycles. The lowest BCUT2D eigenvalue weighted by Gasteiger charge is -2.44. The minimum absolute atomic E-state index is 0.00362. The average molecular weight is 712 g/mol. The van der Waals surface area contributed by atoms with E-state index in [1.807, 2.05) is 25.9 Å². The summed E-state index contributed by atoms with van der Waals surface area (Å²) in [5.41, 5.74) is -3.02. The average Bonchev–Trinajstić information content (AvgIpc) is 3.49. The highest BCUT2D eigenvalue weighted by Gasteiger charge is 2.55. The van der Waals surface area contributed by atoms with Crippen LogP contribution in [-0.2, 0) is 34.9 Å². The van der Waals surface area contributed by atoms with Gasteiger partial charge in [-0.2, -0.15) is 0 Å². The molecule has 2 aliphatic carbocycles. The molecule has 5 aliphatic rings. The molecule has 3 fully saturated rings. The van der Waals surface area contributed by atoms with Crippen LogP contribution >= 0.6 is 0 Å². The minimum atomic E-state index is -2.11. The standard InChI is InChI=1S/C36H45N3O12/c1-17-32-20(39-12-13-48-34(47-6)33(39)51-32)14-23(49-17)50-22-16-36(45,35(44)38(4)11-10-37(2)3)15-19-25(22)31(43)27-26(29(19)41)28(40)18-8-7-9-21(46-5)24(18)30(27)42/h7-9,17,20,22-23,32-34,41,43,45H,10-16H2,1-6H3/t17-,20-,22-,23-,32+,33+,34-,36-/m0/s1. The molecule has 15 nitrogen and oxygen atoms in total. The van der Waals surface area contributed by atoms with Crippen molar-refractivity contribution in [2.45, 2.75) is 74.9 Å². The van der Waals surface area contributed by atoms with Crippen LogP contribution in [0.3, 0.4) is 0 Å². The summed E-state index contributed by atoms with van der Waals surface area (Å²) in [6.07, 6.45) is -4.41. The number of fused-ring (bicyclic) bond motifs is 6. The van der Waals surface area contributed by atoms with E-state index >= 15 is 0 Å². The summed E-state index contributed by atoms with van der Waals surface area (Å²) < 4.78 is 35.9. The lowest BCUT2D eigenvalue weighted by molar-refractivity contribution is -0.256. The molecule has 15 heteroatoms. The zero-order valence-electron chi connectivity index (χ0n) is 29.6. The summed E-state index contributed by atoms with van der Waals surface area (Å²) in [5, 5.41) is 36.0. The van der Waals surface area contributed by atoms with Crippen molar-refractivity contribution in [1.29, 1.82) is 0 Å². The van der Waals surface area contributed by atoms with Crippen molar-refractivity contribution in [2.24, 2.45) is 0 Å². The number of benzene rings is 2. The smallest absolute Gasteiger partial charge is 0.254 e. The fourth-order valence-corrected chi connectivity index (χ4v) is 8.30. The number of hydrogen-bond acceptors (Lipinski definition) is 14. The van der Waals surface area contributed by atoms with Crippen LogP contribution in [0.1, 0.15) is 68.8 Å². The van der Waals surface area contributed by atoms with Gasteiger partial charge in [0.15, 0.2) is 24.6 Å². The number of ketones is 2. The van der Waals surface area contributed by atoms with Crippen LogP contribution in [0.4, 0.5) is 0 Å². The molecule has 0 unspecified atom stereocenters. The number of aromatic hydroxyl groups is 2. The zero-order chi connectivity index (χ0) is 36.5. The lowest BCUT2D eigenvalue weighted by atomic mass is 9.72.